The van der Waals surface area contributed by atoms with Gasteiger partial charge in [0.25, 0.3) is 0 Å². The maximum atomic E-state index is 5.79. The number of hydrogen-bond acceptors (Lipinski definition) is 4. The second-order valence-electron chi connectivity index (χ2n) is 3.96. The van der Waals surface area contributed by atoms with E-state index in [1.165, 1.54) is 19.3 Å². The Morgan fingerprint density at radius 3 is 2.93 bits per heavy atom. The van der Waals surface area contributed by atoms with E-state index in [2.05, 4.69) is 21.8 Å². The summed E-state index contributed by atoms with van der Waals surface area (Å²) in [6.45, 7) is 3.22. The number of hydrogen-bond donors (Lipinski definition) is 1. The maximum Gasteiger partial charge on any atom is 0.226 e. The van der Waals surface area contributed by atoms with Crippen LogP contribution in [0.1, 0.15) is 26.2 Å². The van der Waals surface area contributed by atoms with Crippen molar-refractivity contribution in [3.63, 3.8) is 0 Å². The van der Waals surface area contributed by atoms with Crippen LogP contribution >= 0.6 is 11.6 Å². The van der Waals surface area contributed by atoms with Gasteiger partial charge in [-0.2, -0.15) is 0 Å². The Bertz CT molecular complexity index is 335. The second kappa shape index (κ2) is 4.23. The van der Waals surface area contributed by atoms with Gasteiger partial charge in [0.15, 0.2) is 0 Å². The molecule has 0 aromatic carbocycles. The Balaban J connectivity index is 2.27. The molecule has 2 N–H and O–H groups in total. The number of piperidine rings is 1. The van der Waals surface area contributed by atoms with Gasteiger partial charge in [-0.3, -0.25) is 0 Å². The zero-order valence-corrected chi connectivity index (χ0v) is 9.54. The van der Waals surface area contributed by atoms with Gasteiger partial charge in [-0.1, -0.05) is 0 Å². The molecule has 1 saturated heterocycles. The molecule has 1 unspecified atom stereocenters. The Morgan fingerprint density at radius 2 is 2.27 bits per heavy atom. The van der Waals surface area contributed by atoms with Crippen molar-refractivity contribution in [1.82, 2.24) is 9.97 Å². The summed E-state index contributed by atoms with van der Waals surface area (Å²) < 4.78 is 0. The van der Waals surface area contributed by atoms with Crippen LogP contribution in [0.15, 0.2) is 6.07 Å². The fourth-order valence-corrected chi connectivity index (χ4v) is 2.19. The van der Waals surface area contributed by atoms with Crippen molar-refractivity contribution in [2.75, 3.05) is 17.2 Å². The van der Waals surface area contributed by atoms with Gasteiger partial charge in [0, 0.05) is 18.7 Å². The lowest BCUT2D eigenvalue weighted by molar-refractivity contribution is 0.481. The van der Waals surface area contributed by atoms with Crippen molar-refractivity contribution in [3.8, 4) is 0 Å². The molecular formula is C10H15ClN4. The van der Waals surface area contributed by atoms with E-state index in [0.717, 1.165) is 12.4 Å². The van der Waals surface area contributed by atoms with Gasteiger partial charge in [-0.15, -0.1) is 0 Å². The summed E-state index contributed by atoms with van der Waals surface area (Å²) in [4.78, 5) is 10.3. The van der Waals surface area contributed by atoms with Crippen molar-refractivity contribution in [3.05, 3.63) is 11.3 Å². The first-order chi connectivity index (χ1) is 7.16. The van der Waals surface area contributed by atoms with Crippen LogP contribution in [0, 0.1) is 0 Å². The molecule has 1 aromatic heterocycles. The van der Waals surface area contributed by atoms with Gasteiger partial charge >= 0.3 is 0 Å². The van der Waals surface area contributed by atoms with E-state index in [4.69, 9.17) is 17.3 Å². The van der Waals surface area contributed by atoms with Crippen LogP contribution in [0.25, 0.3) is 0 Å². The highest BCUT2D eigenvalue weighted by Crippen LogP contribution is 2.24. The van der Waals surface area contributed by atoms with Crippen molar-refractivity contribution in [2.45, 2.75) is 32.2 Å². The fraction of sp³-hybridized carbons (Fsp3) is 0.600. The van der Waals surface area contributed by atoms with Gasteiger partial charge in [0.05, 0.1) is 0 Å². The molecule has 0 saturated carbocycles. The lowest BCUT2D eigenvalue weighted by Gasteiger charge is -2.34. The van der Waals surface area contributed by atoms with Gasteiger partial charge in [-0.25, -0.2) is 9.97 Å². The van der Waals surface area contributed by atoms with E-state index in [1.807, 2.05) is 0 Å². The van der Waals surface area contributed by atoms with Crippen molar-refractivity contribution in [2.24, 2.45) is 0 Å². The van der Waals surface area contributed by atoms with E-state index >= 15 is 0 Å². The minimum absolute atomic E-state index is 0.225. The number of nitrogens with zero attached hydrogens (tertiary/aromatic N) is 3. The monoisotopic (exact) mass is 226 g/mol. The van der Waals surface area contributed by atoms with Crippen LogP contribution in [0.2, 0.25) is 5.28 Å². The van der Waals surface area contributed by atoms with Crippen LogP contribution in [0.3, 0.4) is 0 Å². The second-order valence-corrected chi connectivity index (χ2v) is 4.30. The Kier molecular flexibility index (Phi) is 2.95. The molecule has 82 valence electrons. The molecule has 0 aliphatic carbocycles. The Labute approximate surface area is 94.5 Å². The van der Waals surface area contributed by atoms with Gasteiger partial charge in [-0.05, 0) is 37.8 Å². The summed E-state index contributed by atoms with van der Waals surface area (Å²) >= 11 is 5.79. The van der Waals surface area contributed by atoms with E-state index in [1.54, 1.807) is 6.07 Å². The molecule has 15 heavy (non-hydrogen) atoms. The molecule has 2 rings (SSSR count). The third-order valence-corrected chi connectivity index (χ3v) is 2.97. The summed E-state index contributed by atoms with van der Waals surface area (Å²) in [6, 6.07) is 2.29. The first-order valence-corrected chi connectivity index (χ1v) is 5.61. The maximum absolute atomic E-state index is 5.79. The summed E-state index contributed by atoms with van der Waals surface area (Å²) in [6.07, 6.45) is 3.68. The third kappa shape index (κ3) is 2.31. The molecule has 1 aromatic rings. The highest BCUT2D eigenvalue weighted by atomic mass is 35.5. The first-order valence-electron chi connectivity index (χ1n) is 5.23. The fourth-order valence-electron chi connectivity index (χ4n) is 2.01. The standard InChI is InChI=1S/C10H15ClN4/c1-7-4-2-3-5-15(7)9-6-8(12)13-10(11)14-9/h6-7H,2-5H2,1H3,(H2,12,13,14). The molecule has 0 radical (unpaired) electrons. The molecule has 0 spiro atoms. The summed E-state index contributed by atoms with van der Waals surface area (Å²) in [5.74, 6) is 1.28. The Hall–Kier alpha value is -1.03. The molecule has 5 heteroatoms. The average Bonchev–Trinajstić information content (AvgIpc) is 2.16. The molecule has 1 fully saturated rings. The molecule has 1 aliphatic heterocycles. The predicted octanol–water partition coefficient (Wildman–Crippen LogP) is 2.09. The van der Waals surface area contributed by atoms with E-state index < -0.39 is 0 Å². The zero-order valence-electron chi connectivity index (χ0n) is 8.78. The van der Waals surface area contributed by atoms with Gasteiger partial charge < -0.3 is 10.6 Å². The van der Waals surface area contributed by atoms with Crippen LogP contribution in [0.5, 0.6) is 0 Å². The van der Waals surface area contributed by atoms with Gasteiger partial charge in [0.1, 0.15) is 11.6 Å². The minimum Gasteiger partial charge on any atom is -0.383 e. The third-order valence-electron chi connectivity index (χ3n) is 2.80. The molecule has 2 heterocycles. The molecule has 1 aliphatic rings. The number of anilines is 2. The smallest absolute Gasteiger partial charge is 0.226 e. The predicted molar refractivity (Wildman–Crippen MR) is 62.1 cm³/mol. The number of halogens is 1. The minimum atomic E-state index is 0.225. The van der Waals surface area contributed by atoms with Crippen molar-refractivity contribution in [1.29, 1.82) is 0 Å². The van der Waals surface area contributed by atoms with Crippen LogP contribution in [-0.4, -0.2) is 22.6 Å². The van der Waals surface area contributed by atoms with Crippen LogP contribution in [-0.2, 0) is 0 Å². The lowest BCUT2D eigenvalue weighted by atomic mass is 10.0. The largest absolute Gasteiger partial charge is 0.383 e. The summed E-state index contributed by atoms with van der Waals surface area (Å²) in [5, 5.41) is 0.225. The highest BCUT2D eigenvalue weighted by Gasteiger charge is 2.20. The lowest BCUT2D eigenvalue weighted by Crippen LogP contribution is -2.38. The topological polar surface area (TPSA) is 55.0 Å². The SMILES string of the molecule is CC1CCCCN1c1cc(N)nc(Cl)n1. The first kappa shape index (κ1) is 10.5. The normalized spacial score (nSPS) is 21.7. The van der Waals surface area contributed by atoms with Crippen molar-refractivity contribution >= 4 is 23.2 Å². The van der Waals surface area contributed by atoms with Crippen LogP contribution < -0.4 is 10.6 Å². The number of nitrogen functional groups attached to an aromatic ring is 1. The van der Waals surface area contributed by atoms with E-state index in [9.17, 15) is 0 Å². The van der Waals surface area contributed by atoms with Crippen LogP contribution in [0.4, 0.5) is 11.6 Å². The van der Waals surface area contributed by atoms with Gasteiger partial charge in [0.2, 0.25) is 5.28 Å². The number of aromatic nitrogens is 2. The number of nitrogens with two attached hydrogens (primary N) is 1. The molecule has 4 nitrogen and oxygen atoms in total. The molecule has 1 atom stereocenters. The van der Waals surface area contributed by atoms with E-state index in [-0.39, 0.29) is 5.28 Å². The van der Waals surface area contributed by atoms with Crippen molar-refractivity contribution < 1.29 is 0 Å². The molecule has 0 amide bonds. The average molecular weight is 227 g/mol. The summed E-state index contributed by atoms with van der Waals surface area (Å²) in [5.41, 5.74) is 5.65. The molecular weight excluding hydrogens is 212 g/mol. The quantitative estimate of drug-likeness (QED) is 0.745. The highest BCUT2D eigenvalue weighted by molar-refractivity contribution is 6.28. The van der Waals surface area contributed by atoms with E-state index in [0.29, 0.717) is 11.9 Å². The number of rotatable bonds is 1. The Morgan fingerprint density at radius 1 is 1.47 bits per heavy atom. The zero-order chi connectivity index (χ0) is 10.8. The molecule has 0 bridgehead atoms. The summed E-state index contributed by atoms with van der Waals surface area (Å²) in [7, 11) is 0.